The van der Waals surface area contributed by atoms with Crippen LogP contribution in [0.15, 0.2) is 24.3 Å². The van der Waals surface area contributed by atoms with E-state index in [0.29, 0.717) is 0 Å². The fourth-order valence-electron chi connectivity index (χ4n) is 1.65. The molecule has 0 aliphatic heterocycles. The fraction of sp³-hybridized carbons (Fsp3) is 0.538. The molecule has 0 bridgehead atoms. The van der Waals surface area contributed by atoms with Crippen LogP contribution in [0.3, 0.4) is 0 Å². The zero-order valence-corrected chi connectivity index (χ0v) is 14.4. The Kier molecular flexibility index (Phi) is 6.62. The summed E-state index contributed by atoms with van der Waals surface area (Å²) in [6.45, 7) is 4.20. The minimum absolute atomic E-state index is 0.0519. The van der Waals surface area contributed by atoms with Crippen LogP contribution in [0.2, 0.25) is 4.47 Å². The standard InChI is InChI=1S/C13H20Cl2OTe/c1-4-5-10-17(14,15)13-9-7-6-8-12(13)11(2)16-3/h6-9,11H,4-5,10H2,1-3H3/t11-/m1/s1. The van der Waals surface area contributed by atoms with E-state index in [-0.39, 0.29) is 6.10 Å². The molecule has 0 unspecified atom stereocenters. The first-order valence-electron chi connectivity index (χ1n) is 5.85. The molecule has 0 saturated heterocycles. The van der Waals surface area contributed by atoms with Crippen molar-refractivity contribution in [2.75, 3.05) is 7.11 Å². The second-order valence-corrected chi connectivity index (χ2v) is 17.9. The van der Waals surface area contributed by atoms with E-state index in [1.807, 2.05) is 19.1 Å². The maximum absolute atomic E-state index is 6.65. The summed E-state index contributed by atoms with van der Waals surface area (Å²) in [6.07, 6.45) is 2.29. The van der Waals surface area contributed by atoms with E-state index >= 15 is 0 Å². The Balaban J connectivity index is 3.03. The molecule has 0 heterocycles. The van der Waals surface area contributed by atoms with Crippen LogP contribution in [0.1, 0.15) is 38.4 Å². The van der Waals surface area contributed by atoms with Crippen molar-refractivity contribution in [2.24, 2.45) is 0 Å². The molecule has 98 valence electrons. The number of ether oxygens (including phenoxy) is 1. The summed E-state index contributed by atoms with van der Waals surface area (Å²) < 4.78 is 7.50. The number of unbranched alkanes of at least 4 members (excludes halogenated alkanes) is 1. The van der Waals surface area contributed by atoms with Gasteiger partial charge in [-0.15, -0.1) is 0 Å². The number of benzene rings is 1. The van der Waals surface area contributed by atoms with Gasteiger partial charge in [-0.1, -0.05) is 0 Å². The maximum atomic E-state index is 6.65. The van der Waals surface area contributed by atoms with Crippen LogP contribution in [0.25, 0.3) is 0 Å². The molecule has 0 fully saturated rings. The molecule has 0 radical (unpaired) electrons. The Labute approximate surface area is 116 Å². The molecule has 4 heteroatoms. The summed E-state index contributed by atoms with van der Waals surface area (Å²) in [6, 6.07) is 8.17. The molecule has 0 aromatic heterocycles. The van der Waals surface area contributed by atoms with E-state index < -0.39 is 15.9 Å². The van der Waals surface area contributed by atoms with Crippen LogP contribution in [0, 0.1) is 0 Å². The molecule has 1 aromatic rings. The van der Waals surface area contributed by atoms with Crippen LogP contribution in [-0.4, -0.2) is 23.1 Å². The number of methoxy groups -OCH3 is 1. The Morgan fingerprint density at radius 1 is 1.29 bits per heavy atom. The third kappa shape index (κ3) is 4.30. The molecule has 1 rings (SSSR count). The number of halogens is 2. The first-order chi connectivity index (χ1) is 8.03. The van der Waals surface area contributed by atoms with Crippen molar-refractivity contribution in [3.63, 3.8) is 0 Å². The third-order valence-electron chi connectivity index (χ3n) is 2.79. The Morgan fingerprint density at radius 2 is 1.94 bits per heavy atom. The summed E-state index contributed by atoms with van der Waals surface area (Å²) in [7, 11) is 15.0. The molecule has 0 amide bonds. The summed E-state index contributed by atoms with van der Waals surface area (Å²) in [4.78, 5) is 0. The van der Waals surface area contributed by atoms with Gasteiger partial charge in [0.15, 0.2) is 0 Å². The SMILES string of the molecule is CCCC[Te](Cl)(Cl)c1ccccc1[C@@H](C)OC. The van der Waals surface area contributed by atoms with Crippen LogP contribution >= 0.6 is 17.9 Å². The van der Waals surface area contributed by atoms with Gasteiger partial charge in [-0.05, 0) is 0 Å². The number of hydrogen-bond acceptors (Lipinski definition) is 1. The van der Waals surface area contributed by atoms with Crippen molar-refractivity contribution in [2.45, 2.75) is 37.3 Å². The predicted octanol–water partition coefficient (Wildman–Crippen LogP) is 4.32. The topological polar surface area (TPSA) is 9.23 Å². The van der Waals surface area contributed by atoms with E-state index in [9.17, 15) is 0 Å². The van der Waals surface area contributed by atoms with Crippen molar-refractivity contribution in [3.8, 4) is 0 Å². The number of hydrogen-bond donors (Lipinski definition) is 0. The van der Waals surface area contributed by atoms with E-state index in [1.165, 1.54) is 0 Å². The molecule has 0 N–H and O–H groups in total. The van der Waals surface area contributed by atoms with Crippen molar-refractivity contribution in [1.82, 2.24) is 0 Å². The van der Waals surface area contributed by atoms with Gasteiger partial charge in [0.1, 0.15) is 0 Å². The van der Waals surface area contributed by atoms with Crippen molar-refractivity contribution in [1.29, 1.82) is 0 Å². The van der Waals surface area contributed by atoms with E-state index in [1.54, 1.807) is 7.11 Å². The van der Waals surface area contributed by atoms with Gasteiger partial charge in [0.05, 0.1) is 0 Å². The molecular weight excluding hydrogens is 371 g/mol. The molecular formula is C13H20Cl2OTe. The second-order valence-electron chi connectivity index (χ2n) is 4.05. The molecule has 0 saturated carbocycles. The van der Waals surface area contributed by atoms with Crippen molar-refractivity contribution in [3.05, 3.63) is 29.8 Å². The van der Waals surface area contributed by atoms with E-state index in [4.69, 9.17) is 22.7 Å². The molecule has 0 aliphatic rings. The zero-order valence-electron chi connectivity index (χ0n) is 10.6. The summed E-state index contributed by atoms with van der Waals surface area (Å²) >= 11 is -2.93. The van der Waals surface area contributed by atoms with E-state index in [0.717, 1.165) is 26.5 Å². The van der Waals surface area contributed by atoms with Crippen LogP contribution in [-0.2, 0) is 4.74 Å². The average molecular weight is 391 g/mol. The van der Waals surface area contributed by atoms with Gasteiger partial charge in [-0.25, -0.2) is 0 Å². The third-order valence-corrected chi connectivity index (χ3v) is 12.3. The first kappa shape index (κ1) is 15.6. The van der Waals surface area contributed by atoms with Gasteiger partial charge in [0, 0.05) is 0 Å². The first-order valence-corrected chi connectivity index (χ1v) is 14.6. The molecule has 1 aromatic carbocycles. The minimum atomic E-state index is -2.93. The van der Waals surface area contributed by atoms with E-state index in [2.05, 4.69) is 19.1 Å². The van der Waals surface area contributed by atoms with Crippen molar-refractivity contribution < 1.29 is 4.74 Å². The van der Waals surface area contributed by atoms with Crippen LogP contribution in [0.5, 0.6) is 0 Å². The Morgan fingerprint density at radius 3 is 2.53 bits per heavy atom. The van der Waals surface area contributed by atoms with Gasteiger partial charge < -0.3 is 0 Å². The van der Waals surface area contributed by atoms with Crippen molar-refractivity contribution >= 4 is 37.5 Å². The summed E-state index contributed by atoms with van der Waals surface area (Å²) in [5, 5.41) is 0. The Hall–Kier alpha value is 0.550. The molecule has 1 atom stereocenters. The summed E-state index contributed by atoms with van der Waals surface area (Å²) in [5.74, 6) is 0. The zero-order chi connectivity index (χ0) is 12.9. The number of rotatable bonds is 6. The van der Waals surface area contributed by atoms with Gasteiger partial charge in [0.2, 0.25) is 0 Å². The molecule has 0 aliphatic carbocycles. The Bertz CT molecular complexity index is 355. The van der Waals surface area contributed by atoms with Gasteiger partial charge in [0.25, 0.3) is 0 Å². The normalized spacial score (nSPS) is 14.6. The van der Waals surface area contributed by atoms with Crippen LogP contribution < -0.4 is 3.61 Å². The predicted molar refractivity (Wildman–Crippen MR) is 78.7 cm³/mol. The molecule has 0 spiro atoms. The fourth-order valence-corrected chi connectivity index (χ4v) is 9.93. The monoisotopic (exact) mass is 392 g/mol. The van der Waals surface area contributed by atoms with Crippen LogP contribution in [0.4, 0.5) is 0 Å². The van der Waals surface area contributed by atoms with Gasteiger partial charge >= 0.3 is 116 Å². The van der Waals surface area contributed by atoms with Gasteiger partial charge in [-0.3, -0.25) is 0 Å². The second kappa shape index (κ2) is 7.22. The molecule has 17 heavy (non-hydrogen) atoms. The quantitative estimate of drug-likeness (QED) is 0.657. The molecule has 1 nitrogen and oxygen atoms in total. The summed E-state index contributed by atoms with van der Waals surface area (Å²) in [5.41, 5.74) is 1.15. The average Bonchev–Trinajstić information content (AvgIpc) is 2.35. The van der Waals surface area contributed by atoms with Gasteiger partial charge in [-0.2, -0.15) is 0 Å².